The van der Waals surface area contributed by atoms with Gasteiger partial charge in [0.25, 0.3) is 0 Å². The van der Waals surface area contributed by atoms with Crippen LogP contribution in [0.5, 0.6) is 11.5 Å². The minimum atomic E-state index is -0.601. The van der Waals surface area contributed by atoms with Crippen LogP contribution >= 0.6 is 0 Å². The second-order valence-corrected chi connectivity index (χ2v) is 12.6. The lowest BCUT2D eigenvalue weighted by molar-refractivity contribution is -0.142. The third kappa shape index (κ3) is 6.60. The van der Waals surface area contributed by atoms with Crippen LogP contribution in [0.15, 0.2) is 97.1 Å². The van der Waals surface area contributed by atoms with Crippen LogP contribution in [-0.2, 0) is 10.2 Å². The van der Waals surface area contributed by atoms with Crippen LogP contribution in [0.3, 0.4) is 0 Å². The number of ether oxygens (including phenoxy) is 2. The number of rotatable bonds is 6. The number of carbonyl (C=O) groups excluding carboxylic acids is 1. The Morgan fingerprint density at radius 3 is 1.44 bits per heavy atom. The summed E-state index contributed by atoms with van der Waals surface area (Å²) in [7, 11) is 0. The van der Waals surface area contributed by atoms with E-state index in [4.69, 9.17) is 9.47 Å². The van der Waals surface area contributed by atoms with Crippen molar-refractivity contribution in [3.05, 3.63) is 108 Å². The van der Waals surface area contributed by atoms with Crippen molar-refractivity contribution in [2.75, 3.05) is 0 Å². The highest BCUT2D eigenvalue weighted by molar-refractivity contribution is 5.82. The molecule has 202 valence electrons. The van der Waals surface area contributed by atoms with Crippen molar-refractivity contribution in [3.63, 3.8) is 0 Å². The third-order valence-electron chi connectivity index (χ3n) is 6.80. The molecule has 0 heterocycles. The van der Waals surface area contributed by atoms with Crippen molar-refractivity contribution in [2.45, 2.75) is 66.4 Å². The van der Waals surface area contributed by atoms with E-state index in [1.807, 2.05) is 63.2 Å². The number of hydrogen-bond donors (Lipinski definition) is 0. The SMILES string of the molecule is CC(C)(C)Oc1ccc(C(C)(C)c2ccc(OC(=O)C(C)(C)C)c(-c3ccccc3)c2)cc1-c1ccccc1. The van der Waals surface area contributed by atoms with Gasteiger partial charge in [0, 0.05) is 16.5 Å². The van der Waals surface area contributed by atoms with Crippen LogP contribution in [0.1, 0.15) is 66.5 Å². The fraction of sp³-hybridized carbons (Fsp3) is 0.306. The van der Waals surface area contributed by atoms with E-state index in [9.17, 15) is 4.79 Å². The molecule has 0 aliphatic rings. The fourth-order valence-corrected chi connectivity index (χ4v) is 4.45. The van der Waals surface area contributed by atoms with Crippen molar-refractivity contribution in [2.24, 2.45) is 5.41 Å². The van der Waals surface area contributed by atoms with Gasteiger partial charge in [0.15, 0.2) is 0 Å². The van der Waals surface area contributed by atoms with Gasteiger partial charge in [0.05, 0.1) is 5.41 Å². The smallest absolute Gasteiger partial charge is 0.316 e. The summed E-state index contributed by atoms with van der Waals surface area (Å²) in [4.78, 5) is 12.8. The lowest BCUT2D eigenvalue weighted by atomic mass is 9.76. The summed E-state index contributed by atoms with van der Waals surface area (Å²) in [5.41, 5.74) is 5.13. The molecule has 0 N–H and O–H groups in total. The molecular formula is C36H40O3. The maximum atomic E-state index is 12.8. The van der Waals surface area contributed by atoms with E-state index in [2.05, 4.69) is 89.2 Å². The van der Waals surface area contributed by atoms with Gasteiger partial charge in [-0.25, -0.2) is 0 Å². The van der Waals surface area contributed by atoms with Gasteiger partial charge >= 0.3 is 5.97 Å². The van der Waals surface area contributed by atoms with Crippen molar-refractivity contribution in [1.82, 2.24) is 0 Å². The summed E-state index contributed by atoms with van der Waals surface area (Å²) in [5.74, 6) is 1.18. The van der Waals surface area contributed by atoms with Crippen LogP contribution in [0, 0.1) is 5.41 Å². The molecule has 0 aliphatic carbocycles. The first-order valence-corrected chi connectivity index (χ1v) is 13.6. The summed E-state index contributed by atoms with van der Waals surface area (Å²) in [6, 6.07) is 33.1. The number of carbonyl (C=O) groups is 1. The summed E-state index contributed by atoms with van der Waals surface area (Å²) >= 11 is 0. The minimum Gasteiger partial charge on any atom is -0.488 e. The van der Waals surface area contributed by atoms with Crippen LogP contribution < -0.4 is 9.47 Å². The Kier molecular flexibility index (Phi) is 7.75. The zero-order valence-corrected chi connectivity index (χ0v) is 24.5. The topological polar surface area (TPSA) is 35.5 Å². The Bertz CT molecular complexity index is 1440. The molecule has 0 radical (unpaired) electrons. The highest BCUT2D eigenvalue weighted by atomic mass is 16.5. The number of benzene rings is 4. The molecule has 0 aliphatic heterocycles. The highest BCUT2D eigenvalue weighted by Crippen LogP contribution is 2.42. The number of esters is 1. The van der Waals surface area contributed by atoms with Crippen molar-refractivity contribution in [3.8, 4) is 33.8 Å². The Balaban J connectivity index is 1.82. The normalized spacial score (nSPS) is 12.2. The molecule has 4 rings (SSSR count). The van der Waals surface area contributed by atoms with Gasteiger partial charge in [-0.05, 0) is 88.1 Å². The van der Waals surface area contributed by atoms with Gasteiger partial charge in [0.2, 0.25) is 0 Å². The Hall–Kier alpha value is -3.85. The van der Waals surface area contributed by atoms with Crippen LogP contribution in [0.4, 0.5) is 0 Å². The number of hydrogen-bond acceptors (Lipinski definition) is 3. The fourth-order valence-electron chi connectivity index (χ4n) is 4.45. The minimum absolute atomic E-state index is 0.256. The van der Waals surface area contributed by atoms with Crippen LogP contribution in [0.25, 0.3) is 22.3 Å². The Morgan fingerprint density at radius 2 is 1.00 bits per heavy atom. The summed E-state index contributed by atoms with van der Waals surface area (Å²) in [6.07, 6.45) is 0. The Morgan fingerprint density at radius 1 is 0.564 bits per heavy atom. The first-order valence-electron chi connectivity index (χ1n) is 13.6. The molecule has 4 aromatic carbocycles. The molecule has 3 heteroatoms. The average Bonchev–Trinajstić information content (AvgIpc) is 2.88. The lowest BCUT2D eigenvalue weighted by Crippen LogP contribution is -2.26. The van der Waals surface area contributed by atoms with Gasteiger partial charge < -0.3 is 9.47 Å². The van der Waals surface area contributed by atoms with Gasteiger partial charge in [-0.3, -0.25) is 4.79 Å². The molecule has 39 heavy (non-hydrogen) atoms. The van der Waals surface area contributed by atoms with E-state index >= 15 is 0 Å². The predicted molar refractivity (Wildman–Crippen MR) is 161 cm³/mol. The molecule has 0 saturated carbocycles. The lowest BCUT2D eigenvalue weighted by Gasteiger charge is -2.30. The monoisotopic (exact) mass is 520 g/mol. The molecule has 0 atom stereocenters. The molecule has 4 aromatic rings. The molecular weight excluding hydrogens is 480 g/mol. The quantitative estimate of drug-likeness (QED) is 0.188. The van der Waals surface area contributed by atoms with E-state index in [0.717, 1.165) is 33.6 Å². The van der Waals surface area contributed by atoms with Crippen LogP contribution in [-0.4, -0.2) is 11.6 Å². The van der Waals surface area contributed by atoms with E-state index in [1.165, 1.54) is 5.56 Å². The predicted octanol–water partition coefficient (Wildman–Crippen LogP) is 9.48. The second-order valence-electron chi connectivity index (χ2n) is 12.6. The first kappa shape index (κ1) is 28.2. The summed E-state index contributed by atoms with van der Waals surface area (Å²) < 4.78 is 12.3. The van der Waals surface area contributed by atoms with E-state index in [1.54, 1.807) is 0 Å². The largest absolute Gasteiger partial charge is 0.488 e. The van der Waals surface area contributed by atoms with E-state index in [0.29, 0.717) is 5.75 Å². The van der Waals surface area contributed by atoms with E-state index in [-0.39, 0.29) is 17.0 Å². The molecule has 0 unspecified atom stereocenters. The first-order chi connectivity index (χ1) is 18.3. The molecule has 0 saturated heterocycles. The average molecular weight is 521 g/mol. The zero-order chi connectivity index (χ0) is 28.4. The third-order valence-corrected chi connectivity index (χ3v) is 6.80. The van der Waals surface area contributed by atoms with Crippen molar-refractivity contribution in [1.29, 1.82) is 0 Å². The molecule has 0 fully saturated rings. The Labute approximate surface area is 233 Å². The summed E-state index contributed by atoms with van der Waals surface area (Å²) in [6.45, 7) is 16.3. The van der Waals surface area contributed by atoms with E-state index < -0.39 is 5.41 Å². The van der Waals surface area contributed by atoms with Crippen LogP contribution in [0.2, 0.25) is 0 Å². The van der Waals surface area contributed by atoms with Gasteiger partial charge in [-0.1, -0.05) is 86.6 Å². The standard InChI is InChI=1S/C36H40O3/c1-34(2,3)33(37)38-31-21-19-27(23-29(31)25-15-11-9-12-16-25)36(7,8)28-20-22-32(39-35(4,5)6)30(24-28)26-17-13-10-14-18-26/h9-24H,1-8H3. The molecule has 0 bridgehead atoms. The van der Waals surface area contributed by atoms with Gasteiger partial charge in [-0.2, -0.15) is 0 Å². The maximum absolute atomic E-state index is 12.8. The molecule has 0 spiro atoms. The molecule has 3 nitrogen and oxygen atoms in total. The zero-order valence-electron chi connectivity index (χ0n) is 24.5. The van der Waals surface area contributed by atoms with Gasteiger partial charge in [-0.15, -0.1) is 0 Å². The van der Waals surface area contributed by atoms with Gasteiger partial charge in [0.1, 0.15) is 17.1 Å². The van der Waals surface area contributed by atoms with Crippen molar-refractivity contribution < 1.29 is 14.3 Å². The molecule has 0 aromatic heterocycles. The van der Waals surface area contributed by atoms with Crippen molar-refractivity contribution >= 4 is 5.97 Å². The summed E-state index contributed by atoms with van der Waals surface area (Å²) in [5, 5.41) is 0. The second kappa shape index (κ2) is 10.7. The highest BCUT2D eigenvalue weighted by Gasteiger charge is 2.29. The maximum Gasteiger partial charge on any atom is 0.316 e. The molecule has 0 amide bonds.